The molecule has 0 aliphatic rings. The van der Waals surface area contributed by atoms with Crippen LogP contribution in [-0.2, 0) is 17.8 Å². The lowest BCUT2D eigenvalue weighted by molar-refractivity contribution is 0.146. The molecule has 0 aliphatic carbocycles. The number of nitrogens with one attached hydrogen (secondary N) is 1. The third-order valence-electron chi connectivity index (χ3n) is 2.27. The van der Waals surface area contributed by atoms with E-state index in [-0.39, 0.29) is 10.4 Å². The van der Waals surface area contributed by atoms with Crippen LogP contribution in [0, 0.1) is 0 Å². The predicted octanol–water partition coefficient (Wildman–Crippen LogP) is 2.61. The summed E-state index contributed by atoms with van der Waals surface area (Å²) in [6.07, 6.45) is -0.636. The molecule has 18 heavy (non-hydrogen) atoms. The van der Waals surface area contributed by atoms with Crippen molar-refractivity contribution < 1.29 is 13.3 Å². The molecule has 1 N–H and O–H groups in total. The topological polar surface area (TPSA) is 48.0 Å². The van der Waals surface area contributed by atoms with E-state index in [1.807, 2.05) is 20.8 Å². The van der Waals surface area contributed by atoms with Gasteiger partial charge in [-0.1, -0.05) is 0 Å². The van der Waals surface area contributed by atoms with Crippen molar-refractivity contribution in [2.75, 3.05) is 6.54 Å². The molecule has 0 fully saturated rings. The van der Waals surface area contributed by atoms with Crippen molar-refractivity contribution in [1.82, 2.24) is 9.71 Å². The summed E-state index contributed by atoms with van der Waals surface area (Å²) in [5, 5.41) is 0. The van der Waals surface area contributed by atoms with E-state index in [0.717, 1.165) is 5.56 Å². The van der Waals surface area contributed by atoms with E-state index in [9.17, 15) is 13.3 Å². The van der Waals surface area contributed by atoms with Gasteiger partial charge in [-0.25, -0.2) is 8.78 Å². The van der Waals surface area contributed by atoms with Gasteiger partial charge in [0.15, 0.2) is 0 Å². The molecule has 0 bridgehead atoms. The summed E-state index contributed by atoms with van der Waals surface area (Å²) in [4.78, 5) is 3.59. The normalized spacial score (nSPS) is 13.9. The molecule has 6 heteroatoms. The van der Waals surface area contributed by atoms with Crippen LogP contribution in [0.15, 0.2) is 18.3 Å². The Labute approximate surface area is 109 Å². The third-order valence-corrected chi connectivity index (χ3v) is 3.85. The Morgan fingerprint density at radius 2 is 2.11 bits per heavy atom. The van der Waals surface area contributed by atoms with Crippen molar-refractivity contribution in [2.45, 2.75) is 38.4 Å². The molecule has 0 saturated carbocycles. The minimum absolute atomic E-state index is 0.218. The average Bonchev–Trinajstić information content (AvgIpc) is 2.28. The first-order valence-electron chi connectivity index (χ1n) is 5.69. The Kier molecular flexibility index (Phi) is 5.49. The highest BCUT2D eigenvalue weighted by Gasteiger charge is 2.25. The number of alkyl halides is 2. The lowest BCUT2D eigenvalue weighted by Crippen LogP contribution is -2.40. The number of hydrogen-bond acceptors (Lipinski definition) is 3. The van der Waals surface area contributed by atoms with Gasteiger partial charge in [-0.15, -0.1) is 4.72 Å². The molecular weight excluding hydrogens is 258 g/mol. The van der Waals surface area contributed by atoms with Crippen LogP contribution in [0.5, 0.6) is 0 Å². The summed E-state index contributed by atoms with van der Waals surface area (Å²) >= 11 is -1.14. The molecule has 0 saturated heterocycles. The van der Waals surface area contributed by atoms with Crippen LogP contribution < -0.4 is 4.72 Å². The second kappa shape index (κ2) is 6.45. The van der Waals surface area contributed by atoms with Gasteiger partial charge < -0.3 is 4.55 Å². The molecular formula is C12H18F2N2OS. The predicted molar refractivity (Wildman–Crippen MR) is 68.8 cm³/mol. The highest BCUT2D eigenvalue weighted by atomic mass is 32.2. The zero-order valence-electron chi connectivity index (χ0n) is 10.7. The second-order valence-electron chi connectivity index (χ2n) is 4.92. The molecule has 1 aromatic heterocycles. The SMILES string of the molecule is CC(C)(C)[S+]([O-])NCCc1ccnc(C(F)F)c1. The summed E-state index contributed by atoms with van der Waals surface area (Å²) in [5.74, 6) is 0. The zero-order chi connectivity index (χ0) is 13.8. The van der Waals surface area contributed by atoms with Crippen LogP contribution in [0.4, 0.5) is 8.78 Å². The van der Waals surface area contributed by atoms with Gasteiger partial charge >= 0.3 is 0 Å². The average molecular weight is 276 g/mol. The molecule has 0 aromatic carbocycles. The molecule has 0 radical (unpaired) electrons. The van der Waals surface area contributed by atoms with Gasteiger partial charge in [0.05, 0.1) is 0 Å². The lowest BCUT2D eigenvalue weighted by atomic mass is 10.2. The molecule has 3 nitrogen and oxygen atoms in total. The Morgan fingerprint density at radius 3 is 2.67 bits per heavy atom. The van der Waals surface area contributed by atoms with Crippen molar-refractivity contribution in [3.05, 3.63) is 29.6 Å². The Balaban J connectivity index is 2.47. The molecule has 1 heterocycles. The standard InChI is InChI=1S/C12H18F2N2OS/c1-12(2,3)18(17)16-7-5-9-4-6-15-10(8-9)11(13)14/h4,6,8,11,16H,5,7H2,1-3H3. The van der Waals surface area contributed by atoms with Crippen LogP contribution in [0.2, 0.25) is 0 Å². The third kappa shape index (κ3) is 4.88. The van der Waals surface area contributed by atoms with E-state index >= 15 is 0 Å². The molecule has 1 aromatic rings. The van der Waals surface area contributed by atoms with Gasteiger partial charge in [-0.05, 0) is 44.9 Å². The van der Waals surface area contributed by atoms with E-state index in [2.05, 4.69) is 9.71 Å². The Morgan fingerprint density at radius 1 is 1.44 bits per heavy atom. The first-order chi connectivity index (χ1) is 8.30. The maximum atomic E-state index is 12.4. The number of pyridine rings is 1. The minimum atomic E-state index is -2.55. The first kappa shape index (κ1) is 15.3. The fourth-order valence-corrected chi connectivity index (χ4v) is 1.99. The van der Waals surface area contributed by atoms with Crippen molar-refractivity contribution in [1.29, 1.82) is 0 Å². The molecule has 1 atom stereocenters. The van der Waals surface area contributed by atoms with Crippen LogP contribution >= 0.6 is 0 Å². The van der Waals surface area contributed by atoms with Gasteiger partial charge in [0.2, 0.25) is 0 Å². The van der Waals surface area contributed by atoms with Crippen LogP contribution in [0.3, 0.4) is 0 Å². The molecule has 0 aliphatic heterocycles. The highest BCUT2D eigenvalue weighted by molar-refractivity contribution is 7.90. The zero-order valence-corrected chi connectivity index (χ0v) is 11.6. The Bertz CT molecular complexity index is 383. The smallest absolute Gasteiger partial charge is 0.280 e. The van der Waals surface area contributed by atoms with Gasteiger partial charge in [0.1, 0.15) is 10.4 Å². The highest BCUT2D eigenvalue weighted by Crippen LogP contribution is 2.17. The first-order valence-corrected chi connectivity index (χ1v) is 6.84. The molecule has 0 spiro atoms. The maximum absolute atomic E-state index is 12.4. The van der Waals surface area contributed by atoms with Gasteiger partial charge in [0.25, 0.3) is 6.43 Å². The van der Waals surface area contributed by atoms with Crippen LogP contribution in [-0.4, -0.2) is 20.8 Å². The largest absolute Gasteiger partial charge is 0.598 e. The maximum Gasteiger partial charge on any atom is 0.280 e. The fraction of sp³-hybridized carbons (Fsp3) is 0.583. The number of aromatic nitrogens is 1. The summed E-state index contributed by atoms with van der Waals surface area (Å²) < 4.78 is 39.1. The monoisotopic (exact) mass is 276 g/mol. The lowest BCUT2D eigenvalue weighted by Gasteiger charge is -2.23. The summed E-state index contributed by atoms with van der Waals surface area (Å²) in [6, 6.07) is 3.07. The summed E-state index contributed by atoms with van der Waals surface area (Å²) in [5.41, 5.74) is 0.545. The molecule has 1 rings (SSSR count). The van der Waals surface area contributed by atoms with Crippen molar-refractivity contribution in [3.8, 4) is 0 Å². The van der Waals surface area contributed by atoms with Gasteiger partial charge in [0, 0.05) is 24.1 Å². The van der Waals surface area contributed by atoms with E-state index < -0.39 is 17.8 Å². The fourth-order valence-electron chi connectivity index (χ4n) is 1.27. The van der Waals surface area contributed by atoms with Crippen molar-refractivity contribution in [3.63, 3.8) is 0 Å². The van der Waals surface area contributed by atoms with E-state index in [4.69, 9.17) is 0 Å². The summed E-state index contributed by atoms with van der Waals surface area (Å²) in [6.45, 7) is 6.10. The number of nitrogens with zero attached hydrogens (tertiary/aromatic N) is 1. The van der Waals surface area contributed by atoms with E-state index in [1.165, 1.54) is 12.3 Å². The number of halogens is 2. The van der Waals surface area contributed by atoms with Crippen molar-refractivity contribution >= 4 is 11.4 Å². The minimum Gasteiger partial charge on any atom is -0.598 e. The van der Waals surface area contributed by atoms with Gasteiger partial charge in [-0.3, -0.25) is 4.98 Å². The van der Waals surface area contributed by atoms with E-state index in [0.29, 0.717) is 13.0 Å². The molecule has 1 unspecified atom stereocenters. The van der Waals surface area contributed by atoms with Crippen LogP contribution in [0.1, 0.15) is 38.5 Å². The van der Waals surface area contributed by atoms with E-state index in [1.54, 1.807) is 6.07 Å². The summed E-state index contributed by atoms with van der Waals surface area (Å²) in [7, 11) is 0. The van der Waals surface area contributed by atoms with Gasteiger partial charge in [-0.2, -0.15) is 0 Å². The Hall–Kier alpha value is -0.720. The van der Waals surface area contributed by atoms with Crippen molar-refractivity contribution in [2.24, 2.45) is 0 Å². The quantitative estimate of drug-likeness (QED) is 0.841. The number of hydrogen-bond donors (Lipinski definition) is 1. The molecule has 102 valence electrons. The number of rotatable bonds is 5. The molecule has 0 amide bonds. The van der Waals surface area contributed by atoms with Crippen LogP contribution in [0.25, 0.3) is 0 Å². The second-order valence-corrected chi connectivity index (χ2v) is 6.97.